The van der Waals surface area contributed by atoms with Crippen LogP contribution in [-0.4, -0.2) is 86.5 Å². The van der Waals surface area contributed by atoms with E-state index in [1.807, 2.05) is 25.1 Å². The normalized spacial score (nSPS) is 17.6. The second-order valence-corrected chi connectivity index (χ2v) is 7.13. The molecular weight excluding hydrogens is 358 g/mol. The molecule has 0 spiro atoms. The highest BCUT2D eigenvalue weighted by Crippen LogP contribution is 2.09. The van der Waals surface area contributed by atoms with Gasteiger partial charge in [-0.15, -0.1) is 0 Å². The molecule has 0 bridgehead atoms. The molecular formula is C20H33N5O3. The molecule has 1 saturated heterocycles. The highest BCUT2D eigenvalue weighted by atomic mass is 16.5. The van der Waals surface area contributed by atoms with Crippen molar-refractivity contribution in [1.29, 1.82) is 0 Å². The first-order valence-electron chi connectivity index (χ1n) is 9.88. The lowest BCUT2D eigenvalue weighted by Gasteiger charge is -2.33. The van der Waals surface area contributed by atoms with Crippen LogP contribution in [0.25, 0.3) is 0 Å². The van der Waals surface area contributed by atoms with Gasteiger partial charge in [0.2, 0.25) is 0 Å². The van der Waals surface area contributed by atoms with E-state index < -0.39 is 5.60 Å². The zero-order valence-electron chi connectivity index (χ0n) is 16.9. The van der Waals surface area contributed by atoms with Crippen LogP contribution in [0.2, 0.25) is 0 Å². The number of guanidine groups is 1. The van der Waals surface area contributed by atoms with E-state index in [0.717, 1.165) is 13.1 Å². The van der Waals surface area contributed by atoms with Crippen LogP contribution < -0.4 is 16.0 Å². The van der Waals surface area contributed by atoms with Gasteiger partial charge in [-0.1, -0.05) is 18.2 Å². The Labute approximate surface area is 167 Å². The third kappa shape index (κ3) is 8.24. The number of amides is 1. The quantitative estimate of drug-likeness (QED) is 0.270. The molecule has 28 heavy (non-hydrogen) atoms. The highest BCUT2D eigenvalue weighted by Gasteiger charge is 2.25. The Bertz CT molecular complexity index is 616. The summed E-state index contributed by atoms with van der Waals surface area (Å²) in [6, 6.07) is 9.12. The molecule has 1 amide bonds. The molecule has 156 valence electrons. The number of aliphatic imine (C=N–C) groups is 1. The van der Waals surface area contributed by atoms with Gasteiger partial charge in [-0.2, -0.15) is 0 Å². The van der Waals surface area contributed by atoms with Crippen molar-refractivity contribution < 1.29 is 14.6 Å². The lowest BCUT2D eigenvalue weighted by molar-refractivity contribution is -0.0180. The summed E-state index contributed by atoms with van der Waals surface area (Å²) in [7, 11) is 0. The minimum atomic E-state index is -0.915. The van der Waals surface area contributed by atoms with Gasteiger partial charge in [0.05, 0.1) is 25.4 Å². The van der Waals surface area contributed by atoms with Gasteiger partial charge < -0.3 is 25.8 Å². The van der Waals surface area contributed by atoms with E-state index in [1.54, 1.807) is 19.1 Å². The van der Waals surface area contributed by atoms with Gasteiger partial charge in [0.15, 0.2) is 5.96 Å². The van der Waals surface area contributed by atoms with E-state index >= 15 is 0 Å². The van der Waals surface area contributed by atoms with Crippen molar-refractivity contribution in [3.63, 3.8) is 0 Å². The van der Waals surface area contributed by atoms with Crippen LogP contribution in [0.1, 0.15) is 24.2 Å². The van der Waals surface area contributed by atoms with E-state index in [1.165, 1.54) is 0 Å². The first kappa shape index (κ1) is 22.1. The number of nitrogens with one attached hydrogen (secondary N) is 3. The zero-order valence-corrected chi connectivity index (χ0v) is 16.9. The van der Waals surface area contributed by atoms with Crippen molar-refractivity contribution in [1.82, 2.24) is 20.9 Å². The zero-order chi connectivity index (χ0) is 20.2. The molecule has 8 nitrogen and oxygen atoms in total. The Balaban J connectivity index is 1.75. The van der Waals surface area contributed by atoms with Gasteiger partial charge in [0.1, 0.15) is 0 Å². The molecule has 4 N–H and O–H groups in total. The summed E-state index contributed by atoms with van der Waals surface area (Å²) >= 11 is 0. The molecule has 0 aliphatic carbocycles. The van der Waals surface area contributed by atoms with Crippen molar-refractivity contribution in [2.24, 2.45) is 4.99 Å². The Morgan fingerprint density at radius 1 is 1.18 bits per heavy atom. The van der Waals surface area contributed by atoms with Gasteiger partial charge >= 0.3 is 0 Å². The number of β-amino-alcohol motifs (C(OH)–C–C–N with tert-alkyl or cyclic N) is 1. The molecule has 1 atom stereocenters. The van der Waals surface area contributed by atoms with Crippen molar-refractivity contribution in [2.45, 2.75) is 19.4 Å². The van der Waals surface area contributed by atoms with E-state index in [-0.39, 0.29) is 12.5 Å². The molecule has 1 aromatic rings. The Kier molecular flexibility index (Phi) is 9.19. The lowest BCUT2D eigenvalue weighted by Crippen LogP contribution is -2.48. The number of rotatable bonds is 9. The third-order valence-electron chi connectivity index (χ3n) is 4.33. The van der Waals surface area contributed by atoms with Crippen LogP contribution >= 0.6 is 0 Å². The largest absolute Gasteiger partial charge is 0.387 e. The molecule has 0 radical (unpaired) electrons. The molecule has 1 aromatic carbocycles. The van der Waals surface area contributed by atoms with Gasteiger partial charge in [0, 0.05) is 44.8 Å². The first-order valence-corrected chi connectivity index (χ1v) is 9.88. The molecule has 1 unspecified atom stereocenters. The number of nitrogens with zero attached hydrogens (tertiary/aromatic N) is 2. The van der Waals surface area contributed by atoms with Gasteiger partial charge in [-0.25, -0.2) is 0 Å². The van der Waals surface area contributed by atoms with Crippen LogP contribution in [0.4, 0.5) is 0 Å². The minimum absolute atomic E-state index is 0.0993. The molecule has 1 aliphatic rings. The molecule has 0 aromatic heterocycles. The average Bonchev–Trinajstić information content (AvgIpc) is 2.70. The maximum atomic E-state index is 12.0. The SMILES string of the molecule is CCNC(=NCC(C)(O)CN1CCOCC1)NCCNC(=O)c1ccccc1. The van der Waals surface area contributed by atoms with E-state index in [2.05, 4.69) is 25.8 Å². The van der Waals surface area contributed by atoms with Crippen LogP contribution in [0.15, 0.2) is 35.3 Å². The number of benzene rings is 1. The second kappa shape index (κ2) is 11.6. The molecule has 0 saturated carbocycles. The fourth-order valence-corrected chi connectivity index (χ4v) is 2.93. The van der Waals surface area contributed by atoms with Crippen LogP contribution in [-0.2, 0) is 4.74 Å². The van der Waals surface area contributed by atoms with Crippen molar-refractivity contribution >= 4 is 11.9 Å². The Morgan fingerprint density at radius 3 is 2.54 bits per heavy atom. The summed E-state index contributed by atoms with van der Waals surface area (Å²) in [5, 5.41) is 19.9. The van der Waals surface area contributed by atoms with E-state index in [0.29, 0.717) is 50.9 Å². The molecule has 1 fully saturated rings. The smallest absolute Gasteiger partial charge is 0.251 e. The minimum Gasteiger partial charge on any atom is -0.387 e. The maximum absolute atomic E-state index is 12.0. The van der Waals surface area contributed by atoms with Crippen LogP contribution in [0.5, 0.6) is 0 Å². The van der Waals surface area contributed by atoms with Crippen LogP contribution in [0, 0.1) is 0 Å². The molecule has 1 heterocycles. The van der Waals surface area contributed by atoms with Crippen molar-refractivity contribution in [3.05, 3.63) is 35.9 Å². The Hall–Kier alpha value is -2.16. The van der Waals surface area contributed by atoms with E-state index in [9.17, 15) is 9.90 Å². The number of aliphatic hydroxyl groups is 1. The fourth-order valence-electron chi connectivity index (χ4n) is 2.93. The molecule has 1 aliphatic heterocycles. The second-order valence-electron chi connectivity index (χ2n) is 7.13. The summed E-state index contributed by atoms with van der Waals surface area (Å²) < 4.78 is 5.34. The number of morpholine rings is 1. The third-order valence-corrected chi connectivity index (χ3v) is 4.33. The van der Waals surface area contributed by atoms with Crippen molar-refractivity contribution in [3.8, 4) is 0 Å². The van der Waals surface area contributed by atoms with Crippen molar-refractivity contribution in [2.75, 3.05) is 59.0 Å². The predicted octanol–water partition coefficient (Wildman–Crippen LogP) is 0.0547. The van der Waals surface area contributed by atoms with Gasteiger partial charge in [-0.3, -0.25) is 14.7 Å². The highest BCUT2D eigenvalue weighted by molar-refractivity contribution is 5.94. The summed E-state index contributed by atoms with van der Waals surface area (Å²) in [4.78, 5) is 18.7. The van der Waals surface area contributed by atoms with E-state index in [4.69, 9.17) is 4.74 Å². The molecule has 8 heteroatoms. The average molecular weight is 392 g/mol. The number of hydrogen-bond acceptors (Lipinski definition) is 5. The van der Waals surface area contributed by atoms with Crippen LogP contribution in [0.3, 0.4) is 0 Å². The lowest BCUT2D eigenvalue weighted by atomic mass is 10.1. The summed E-state index contributed by atoms with van der Waals surface area (Å²) in [5.74, 6) is 0.525. The number of carbonyl (C=O) groups excluding carboxylic acids is 1. The van der Waals surface area contributed by atoms with Gasteiger partial charge in [-0.05, 0) is 26.0 Å². The topological polar surface area (TPSA) is 98.2 Å². The maximum Gasteiger partial charge on any atom is 0.251 e. The van der Waals surface area contributed by atoms with Gasteiger partial charge in [0.25, 0.3) is 5.91 Å². The monoisotopic (exact) mass is 391 g/mol. The number of carbonyl (C=O) groups is 1. The first-order chi connectivity index (χ1) is 13.5. The molecule has 2 rings (SSSR count). The predicted molar refractivity (Wildman–Crippen MR) is 111 cm³/mol. The summed E-state index contributed by atoms with van der Waals surface area (Å²) in [5.41, 5.74) is -0.275. The summed E-state index contributed by atoms with van der Waals surface area (Å²) in [6.45, 7) is 9.44. The standard InChI is InChI=1S/C20H33N5O3/c1-3-21-19(23-10-9-22-18(26)17-7-5-4-6-8-17)24-15-20(2,27)16-25-11-13-28-14-12-25/h4-8,27H,3,9-16H2,1-2H3,(H,22,26)(H2,21,23,24). The fraction of sp³-hybridized carbons (Fsp3) is 0.600. The Morgan fingerprint density at radius 2 is 1.86 bits per heavy atom. The number of ether oxygens (including phenoxy) is 1. The summed E-state index contributed by atoms with van der Waals surface area (Å²) in [6.07, 6.45) is 0. The number of hydrogen-bond donors (Lipinski definition) is 4.